The highest BCUT2D eigenvalue weighted by Crippen LogP contribution is 2.30. The maximum atomic E-state index is 12.6. The van der Waals surface area contributed by atoms with Gasteiger partial charge < -0.3 is 14.8 Å². The summed E-state index contributed by atoms with van der Waals surface area (Å²) in [6.07, 6.45) is 4.02. The van der Waals surface area contributed by atoms with E-state index in [0.717, 1.165) is 38.3 Å². The van der Waals surface area contributed by atoms with Crippen molar-refractivity contribution in [2.75, 3.05) is 36.9 Å². The molecule has 228 valence electrons. The lowest BCUT2D eigenvalue weighted by atomic mass is 9.82. The van der Waals surface area contributed by atoms with Crippen molar-refractivity contribution in [3.05, 3.63) is 23.8 Å². The summed E-state index contributed by atoms with van der Waals surface area (Å²) in [7, 11) is -6.89. The van der Waals surface area contributed by atoms with Gasteiger partial charge in [0.1, 0.15) is 6.61 Å². The first-order valence-corrected chi connectivity index (χ1v) is 17.1. The molecule has 40 heavy (non-hydrogen) atoms. The van der Waals surface area contributed by atoms with Crippen molar-refractivity contribution in [3.63, 3.8) is 0 Å². The summed E-state index contributed by atoms with van der Waals surface area (Å²) in [6, 6.07) is 4.74. The molecule has 0 saturated heterocycles. The number of ether oxygens (including phenoxy) is 2. The van der Waals surface area contributed by atoms with Crippen molar-refractivity contribution < 1.29 is 35.9 Å². The number of sulfonamides is 2. The zero-order valence-electron chi connectivity index (χ0n) is 24.4. The Balaban J connectivity index is 1.95. The molecule has 0 aromatic heterocycles. The Labute approximate surface area is 238 Å². The third-order valence-electron chi connectivity index (χ3n) is 6.66. The van der Waals surface area contributed by atoms with Gasteiger partial charge in [0.25, 0.3) is 0 Å². The minimum atomic E-state index is -3.66. The van der Waals surface area contributed by atoms with Crippen molar-refractivity contribution in [3.8, 4) is 5.75 Å². The van der Waals surface area contributed by atoms with Crippen LogP contribution >= 0.6 is 0 Å². The van der Waals surface area contributed by atoms with Gasteiger partial charge in [0.15, 0.2) is 5.75 Å². The van der Waals surface area contributed by atoms with Gasteiger partial charge in [-0.25, -0.2) is 26.4 Å². The van der Waals surface area contributed by atoms with E-state index < -0.39 is 37.5 Å². The summed E-state index contributed by atoms with van der Waals surface area (Å²) in [5.41, 5.74) is -0.210. The molecule has 1 aliphatic carbocycles. The molecule has 0 radical (unpaired) electrons. The highest BCUT2D eigenvalue weighted by molar-refractivity contribution is 7.92. The van der Waals surface area contributed by atoms with Crippen LogP contribution in [0.2, 0.25) is 0 Å². The molecule has 14 heteroatoms. The number of alkyl carbamates (subject to hydrolysis) is 1. The molecule has 1 aromatic carbocycles. The number of rotatable bonds is 12. The van der Waals surface area contributed by atoms with Crippen LogP contribution in [0.25, 0.3) is 0 Å². The number of benzene rings is 1. The first-order valence-electron chi connectivity index (χ1n) is 13.3. The molecule has 0 bridgehead atoms. The van der Waals surface area contributed by atoms with E-state index in [-0.39, 0.29) is 30.0 Å². The minimum Gasteiger partial charge on any atom is -0.445 e. The largest absolute Gasteiger partial charge is 0.445 e. The van der Waals surface area contributed by atoms with E-state index in [9.17, 15) is 26.4 Å². The molecule has 0 aliphatic heterocycles. The lowest BCUT2D eigenvalue weighted by Crippen LogP contribution is -2.49. The van der Waals surface area contributed by atoms with Crippen LogP contribution in [-0.4, -0.2) is 78.0 Å². The second kappa shape index (κ2) is 14.0. The molecule has 12 nitrogen and oxygen atoms in total. The predicted molar refractivity (Wildman–Crippen MR) is 154 cm³/mol. The Morgan fingerprint density at radius 1 is 1.07 bits per heavy atom. The highest BCUT2D eigenvalue weighted by Gasteiger charge is 2.31. The fourth-order valence-corrected chi connectivity index (χ4v) is 5.54. The molecule has 0 heterocycles. The van der Waals surface area contributed by atoms with E-state index in [1.165, 1.54) is 12.1 Å². The van der Waals surface area contributed by atoms with Gasteiger partial charge >= 0.3 is 12.1 Å². The number of nitrogens with zero attached hydrogens (tertiary/aromatic N) is 1. The van der Waals surface area contributed by atoms with Gasteiger partial charge in [0, 0.05) is 25.2 Å². The number of hydrogen-bond donors (Lipinski definition) is 3. The van der Waals surface area contributed by atoms with Crippen LogP contribution in [-0.2, 0) is 36.2 Å². The summed E-state index contributed by atoms with van der Waals surface area (Å²) < 4.78 is 62.1. The van der Waals surface area contributed by atoms with Gasteiger partial charge in [-0.2, -0.15) is 0 Å². The van der Waals surface area contributed by atoms with Crippen LogP contribution in [0.3, 0.4) is 0 Å². The van der Waals surface area contributed by atoms with Gasteiger partial charge in [0.05, 0.1) is 23.6 Å². The zero-order chi connectivity index (χ0) is 30.3. The van der Waals surface area contributed by atoms with Crippen molar-refractivity contribution >= 4 is 37.8 Å². The van der Waals surface area contributed by atoms with Crippen LogP contribution < -0.4 is 19.5 Å². The second-order valence-electron chi connectivity index (χ2n) is 11.4. The molecule has 0 spiro atoms. The molecule has 3 unspecified atom stereocenters. The summed E-state index contributed by atoms with van der Waals surface area (Å²) in [5.74, 6) is -0.285. The number of carbonyl (C=O) groups excluding carboxylic acids is 2. The number of anilines is 1. The van der Waals surface area contributed by atoms with E-state index in [4.69, 9.17) is 9.47 Å². The molecule has 3 N–H and O–H groups in total. The van der Waals surface area contributed by atoms with E-state index in [2.05, 4.69) is 26.6 Å². The van der Waals surface area contributed by atoms with Crippen LogP contribution in [0, 0.1) is 11.3 Å². The Morgan fingerprint density at radius 2 is 1.75 bits per heavy atom. The van der Waals surface area contributed by atoms with E-state index >= 15 is 0 Å². The average molecular weight is 605 g/mol. The third kappa shape index (κ3) is 11.6. The van der Waals surface area contributed by atoms with Crippen molar-refractivity contribution in [1.29, 1.82) is 0 Å². The van der Waals surface area contributed by atoms with E-state index in [1.807, 2.05) is 6.92 Å². The summed E-state index contributed by atoms with van der Waals surface area (Å²) >= 11 is 0. The smallest absolute Gasteiger partial charge is 0.407 e. The van der Waals surface area contributed by atoms with Crippen LogP contribution in [0.1, 0.15) is 59.4 Å². The van der Waals surface area contributed by atoms with Crippen molar-refractivity contribution in [2.45, 2.75) is 72.6 Å². The van der Waals surface area contributed by atoms with Gasteiger partial charge in [-0.15, -0.1) is 0 Å². The lowest BCUT2D eigenvalue weighted by Gasteiger charge is -2.40. The number of nitrogens with one attached hydrogen (secondary N) is 3. The standard InChI is InChI=1S/C26H44N4O8S2/c1-8-30(14-13-27-39(6,33)34)20-10-11-21(18(2)15-20)28-25(32)37-17-19-9-12-23(38-24(31)26(3,4)5)22(16-19)29-40(7,35)36/h9,12,16,18,20-21,27,29H,8,10-11,13-15,17H2,1-7H3,(H,28,32). The number of likely N-dealkylation sites (N-methyl/N-ethyl adjacent to an activating group) is 1. The fourth-order valence-electron chi connectivity index (χ4n) is 4.52. The highest BCUT2D eigenvalue weighted by atomic mass is 32.2. The number of esters is 1. The SMILES string of the molecule is CCN(CCNS(C)(=O)=O)C1CCC(NC(=O)OCc2ccc(OC(=O)C(C)(C)C)c(NS(C)(=O)=O)c2)C(C)C1. The van der Waals surface area contributed by atoms with E-state index in [0.29, 0.717) is 24.7 Å². The van der Waals surface area contributed by atoms with E-state index in [1.54, 1.807) is 26.8 Å². The molecule has 2 rings (SSSR count). The first-order chi connectivity index (χ1) is 18.4. The number of hydrogen-bond acceptors (Lipinski definition) is 9. The Kier molecular flexibility index (Phi) is 11.8. The van der Waals surface area contributed by atoms with Crippen molar-refractivity contribution in [1.82, 2.24) is 14.9 Å². The topological polar surface area (TPSA) is 160 Å². The number of amides is 1. The molecule has 1 amide bonds. The zero-order valence-corrected chi connectivity index (χ0v) is 26.1. The molecular weight excluding hydrogens is 560 g/mol. The normalized spacial score (nSPS) is 20.1. The predicted octanol–water partition coefficient (Wildman–Crippen LogP) is 2.66. The van der Waals surface area contributed by atoms with Crippen molar-refractivity contribution in [2.24, 2.45) is 11.3 Å². The molecule has 1 aliphatic rings. The van der Waals surface area contributed by atoms with Crippen LogP contribution in [0.5, 0.6) is 5.75 Å². The summed E-state index contributed by atoms with van der Waals surface area (Å²) in [6.45, 7) is 10.8. The van der Waals surface area contributed by atoms with Gasteiger partial charge in [-0.1, -0.05) is 19.9 Å². The van der Waals surface area contributed by atoms with Gasteiger partial charge in [-0.3, -0.25) is 14.4 Å². The first kappa shape index (κ1) is 33.8. The Morgan fingerprint density at radius 3 is 2.30 bits per heavy atom. The minimum absolute atomic E-state index is 0.0531. The van der Waals surface area contributed by atoms with Gasteiger partial charge in [0.2, 0.25) is 20.0 Å². The Bertz CT molecular complexity index is 1250. The average Bonchev–Trinajstić information content (AvgIpc) is 2.81. The summed E-state index contributed by atoms with van der Waals surface area (Å²) in [5, 5.41) is 2.93. The number of carbonyl (C=O) groups is 2. The molecule has 3 atom stereocenters. The summed E-state index contributed by atoms with van der Waals surface area (Å²) in [4.78, 5) is 27.2. The quantitative estimate of drug-likeness (QED) is 0.241. The molecule has 1 fully saturated rings. The maximum absolute atomic E-state index is 12.6. The lowest BCUT2D eigenvalue weighted by molar-refractivity contribution is -0.142. The maximum Gasteiger partial charge on any atom is 0.407 e. The second-order valence-corrected chi connectivity index (χ2v) is 15.0. The fraction of sp³-hybridized carbons (Fsp3) is 0.692. The van der Waals surface area contributed by atoms with Crippen LogP contribution in [0.4, 0.5) is 10.5 Å². The van der Waals surface area contributed by atoms with Crippen LogP contribution in [0.15, 0.2) is 18.2 Å². The Hall–Kier alpha value is -2.42. The molecule has 1 aromatic rings. The van der Waals surface area contributed by atoms with Gasteiger partial charge in [-0.05, 0) is 70.2 Å². The third-order valence-corrected chi connectivity index (χ3v) is 7.97. The molecular formula is C26H44N4O8S2. The molecule has 1 saturated carbocycles. The monoisotopic (exact) mass is 604 g/mol.